The molecule has 5 aliphatic rings. The van der Waals surface area contributed by atoms with Crippen LogP contribution in [-0.4, -0.2) is 88.6 Å². The maximum Gasteiger partial charge on any atom is 0.255 e. The molecule has 220 valence electrons. The van der Waals surface area contributed by atoms with E-state index >= 15 is 0 Å². The lowest BCUT2D eigenvalue weighted by atomic mass is 9.57. The number of sulfone groups is 1. The fourth-order valence-corrected chi connectivity index (χ4v) is 8.91. The van der Waals surface area contributed by atoms with Crippen LogP contribution in [-0.2, 0) is 30.6 Å². The number of aliphatic hydroxyl groups excluding tert-OH is 2. The fourth-order valence-electron chi connectivity index (χ4n) is 7.42. The molecule has 0 bridgehead atoms. The highest BCUT2D eigenvalue weighted by Gasteiger charge is 2.64. The number of nitrogens with two attached hydrogens (primary N) is 1. The van der Waals surface area contributed by atoms with Crippen LogP contribution in [0.4, 0.5) is 5.69 Å². The summed E-state index contributed by atoms with van der Waals surface area (Å²) in [4.78, 5) is 42.1. The number of rotatable bonds is 4. The van der Waals surface area contributed by atoms with Gasteiger partial charge < -0.3 is 36.4 Å². The van der Waals surface area contributed by atoms with Gasteiger partial charge in [-0.25, -0.2) is 8.42 Å². The van der Waals surface area contributed by atoms with Gasteiger partial charge in [0.2, 0.25) is 5.78 Å². The van der Waals surface area contributed by atoms with Crippen LogP contribution in [0.15, 0.2) is 29.0 Å². The Kier molecular flexibility index (Phi) is 6.47. The number of anilines is 1. The first kappa shape index (κ1) is 27.7. The maximum absolute atomic E-state index is 14.1. The summed E-state index contributed by atoms with van der Waals surface area (Å²) >= 11 is 0. The second kappa shape index (κ2) is 9.57. The molecule has 1 saturated carbocycles. The smallest absolute Gasteiger partial charge is 0.255 e. The van der Waals surface area contributed by atoms with Crippen molar-refractivity contribution in [2.45, 2.75) is 56.2 Å². The Hall–Kier alpha value is -3.42. The van der Waals surface area contributed by atoms with E-state index in [0.717, 1.165) is 31.6 Å². The van der Waals surface area contributed by atoms with Gasteiger partial charge in [0.05, 0.1) is 23.1 Å². The predicted molar refractivity (Wildman–Crippen MR) is 147 cm³/mol. The summed E-state index contributed by atoms with van der Waals surface area (Å²) in [6.45, 7) is 1.60. The highest BCUT2D eigenvalue weighted by atomic mass is 32.2. The summed E-state index contributed by atoms with van der Waals surface area (Å²) < 4.78 is 23.9. The maximum atomic E-state index is 14.1. The molecule has 41 heavy (non-hydrogen) atoms. The Morgan fingerprint density at radius 2 is 1.73 bits per heavy atom. The lowest BCUT2D eigenvalue weighted by Gasteiger charge is -2.50. The average molecular weight is 588 g/mol. The summed E-state index contributed by atoms with van der Waals surface area (Å²) in [6, 6.07) is 1.44. The van der Waals surface area contributed by atoms with Gasteiger partial charge in [0.1, 0.15) is 32.7 Å². The van der Waals surface area contributed by atoms with Crippen LogP contribution in [0.25, 0.3) is 5.76 Å². The van der Waals surface area contributed by atoms with Gasteiger partial charge in [-0.2, -0.15) is 0 Å². The molecular formula is C28H33N3O9S. The molecule has 4 unspecified atom stereocenters. The summed E-state index contributed by atoms with van der Waals surface area (Å²) in [5.41, 5.74) is 3.12. The summed E-state index contributed by atoms with van der Waals surface area (Å²) in [5.74, 6) is -7.31. The molecule has 1 aromatic carbocycles. The lowest BCUT2D eigenvalue weighted by Crippen LogP contribution is -2.67. The first-order chi connectivity index (χ1) is 19.3. The summed E-state index contributed by atoms with van der Waals surface area (Å²) in [5, 5.41) is 48.2. The number of aromatic hydroxyl groups is 1. The number of hydrogen-bond donors (Lipinski definition) is 6. The number of aliphatic hydroxyl groups is 3. The number of carbonyl (C=O) groups is 3. The Morgan fingerprint density at radius 1 is 1.07 bits per heavy atom. The zero-order valence-corrected chi connectivity index (χ0v) is 23.1. The van der Waals surface area contributed by atoms with E-state index < -0.39 is 73.9 Å². The molecule has 7 N–H and O–H groups in total. The third kappa shape index (κ3) is 4.16. The van der Waals surface area contributed by atoms with Crippen LogP contribution in [0.5, 0.6) is 5.75 Å². The molecule has 3 fully saturated rings. The molecule has 1 amide bonds. The molecule has 1 aromatic rings. The van der Waals surface area contributed by atoms with Gasteiger partial charge in [-0.3, -0.25) is 14.4 Å². The van der Waals surface area contributed by atoms with Crippen LogP contribution >= 0.6 is 0 Å². The second-order valence-electron chi connectivity index (χ2n) is 11.8. The van der Waals surface area contributed by atoms with Crippen molar-refractivity contribution >= 4 is 38.8 Å². The zero-order chi connectivity index (χ0) is 29.4. The number of primary amides is 1. The van der Waals surface area contributed by atoms with Crippen molar-refractivity contribution in [3.05, 3.63) is 40.2 Å². The standard InChI is InChI=1S/C28H33N3O9S/c29-27(37)21-24(34)22(30-14-5-9-41(39,40)10-6-14)16-12-13-11-15-17(31-7-1-2-8-31)3-4-18(32)20(15)23(33)19(13)25(35)28(16,38)26(21)36/h3-4,13-14,16,22,30,32-33,36,38H,1-2,5-12H2,(H2,29,37). The minimum atomic E-state index is -3.22. The van der Waals surface area contributed by atoms with E-state index in [1.54, 1.807) is 6.07 Å². The highest BCUT2D eigenvalue weighted by molar-refractivity contribution is 7.91. The van der Waals surface area contributed by atoms with Crippen LogP contribution in [0.2, 0.25) is 0 Å². The molecule has 0 spiro atoms. The Morgan fingerprint density at radius 3 is 2.37 bits per heavy atom. The van der Waals surface area contributed by atoms with E-state index in [0.29, 0.717) is 5.56 Å². The third-order valence-corrected chi connectivity index (χ3v) is 11.2. The first-order valence-electron chi connectivity index (χ1n) is 13.9. The third-order valence-electron chi connectivity index (χ3n) is 9.47. The molecule has 2 saturated heterocycles. The van der Waals surface area contributed by atoms with E-state index in [4.69, 9.17) is 5.73 Å². The number of hydrogen-bond acceptors (Lipinski definition) is 11. The number of fused-ring (bicyclic) bond motifs is 3. The molecule has 13 heteroatoms. The molecule has 2 heterocycles. The van der Waals surface area contributed by atoms with Crippen LogP contribution in [0, 0.1) is 11.8 Å². The van der Waals surface area contributed by atoms with Gasteiger partial charge in [-0.05, 0) is 62.1 Å². The molecule has 0 radical (unpaired) electrons. The molecule has 6 rings (SSSR count). The van der Waals surface area contributed by atoms with Gasteiger partial charge in [0.15, 0.2) is 11.4 Å². The van der Waals surface area contributed by atoms with E-state index in [1.807, 2.05) is 0 Å². The number of ketones is 2. The molecule has 2 aliphatic heterocycles. The number of amides is 1. The monoisotopic (exact) mass is 587 g/mol. The molecule has 3 aliphatic carbocycles. The van der Waals surface area contributed by atoms with Crippen molar-refractivity contribution in [2.75, 3.05) is 29.5 Å². The number of Topliss-reactive ketones (excluding diaryl/α,β-unsaturated/α-hetero) is 2. The Bertz CT molecular complexity index is 1530. The SMILES string of the molecule is NC(=O)C1=C(O)C2(O)C(=O)C3=C(O)c4c(O)ccc(N5CCCC5)c4CC3CC2C(NC2CCS(=O)(=O)CC2)C1=O. The van der Waals surface area contributed by atoms with Crippen LogP contribution in [0.1, 0.15) is 43.2 Å². The van der Waals surface area contributed by atoms with Gasteiger partial charge in [0, 0.05) is 36.3 Å². The number of phenolic OH excluding ortho intramolecular Hbond substituents is 1. The quantitative estimate of drug-likeness (QED) is 0.262. The Balaban J connectivity index is 1.46. The van der Waals surface area contributed by atoms with E-state index in [2.05, 4.69) is 10.2 Å². The Labute approximate surface area is 236 Å². The van der Waals surface area contributed by atoms with Crippen LogP contribution < -0.4 is 16.0 Å². The van der Waals surface area contributed by atoms with E-state index in [1.165, 1.54) is 6.07 Å². The van der Waals surface area contributed by atoms with E-state index in [9.17, 15) is 43.2 Å². The van der Waals surface area contributed by atoms with Crippen molar-refractivity contribution in [1.82, 2.24) is 5.32 Å². The number of nitrogens with zero attached hydrogens (tertiary/aromatic N) is 1. The number of nitrogens with one attached hydrogen (secondary N) is 1. The minimum absolute atomic E-state index is 0.0271. The van der Waals surface area contributed by atoms with Crippen molar-refractivity contribution in [1.29, 1.82) is 0 Å². The summed E-state index contributed by atoms with van der Waals surface area (Å²) in [7, 11) is -3.22. The fraction of sp³-hybridized carbons (Fsp3) is 0.536. The van der Waals surface area contributed by atoms with Gasteiger partial charge in [-0.1, -0.05) is 0 Å². The summed E-state index contributed by atoms with van der Waals surface area (Å²) in [6.07, 6.45) is 2.56. The molecule has 12 nitrogen and oxygen atoms in total. The number of carbonyl (C=O) groups excluding carboxylic acids is 3. The van der Waals surface area contributed by atoms with Crippen molar-refractivity contribution in [3.8, 4) is 5.75 Å². The van der Waals surface area contributed by atoms with Gasteiger partial charge in [-0.15, -0.1) is 0 Å². The normalized spacial score (nSPS) is 31.6. The van der Waals surface area contributed by atoms with Crippen molar-refractivity contribution in [3.63, 3.8) is 0 Å². The second-order valence-corrected chi connectivity index (χ2v) is 14.1. The average Bonchev–Trinajstić information content (AvgIpc) is 3.44. The van der Waals surface area contributed by atoms with Crippen LogP contribution in [0.3, 0.4) is 0 Å². The topological polar surface area (TPSA) is 208 Å². The minimum Gasteiger partial charge on any atom is -0.508 e. The molecular weight excluding hydrogens is 554 g/mol. The van der Waals surface area contributed by atoms with Gasteiger partial charge in [0.25, 0.3) is 5.91 Å². The molecule has 4 atom stereocenters. The van der Waals surface area contributed by atoms with Gasteiger partial charge >= 0.3 is 0 Å². The van der Waals surface area contributed by atoms with Crippen molar-refractivity contribution in [2.24, 2.45) is 17.6 Å². The largest absolute Gasteiger partial charge is 0.508 e. The number of benzene rings is 1. The number of phenols is 1. The molecule has 0 aromatic heterocycles. The zero-order valence-electron chi connectivity index (χ0n) is 22.3. The lowest BCUT2D eigenvalue weighted by molar-refractivity contribution is -0.150. The predicted octanol–water partition coefficient (Wildman–Crippen LogP) is 0.169. The highest BCUT2D eigenvalue weighted by Crippen LogP contribution is 2.53. The first-order valence-corrected chi connectivity index (χ1v) is 15.7. The van der Waals surface area contributed by atoms with Crippen molar-refractivity contribution < 1.29 is 43.2 Å². The van der Waals surface area contributed by atoms with E-state index in [-0.39, 0.29) is 54.1 Å².